The third-order valence-corrected chi connectivity index (χ3v) is 10.0. The van der Waals surface area contributed by atoms with E-state index in [0.29, 0.717) is 17.9 Å². The van der Waals surface area contributed by atoms with Crippen LogP contribution in [-0.4, -0.2) is 215 Å². The van der Waals surface area contributed by atoms with Gasteiger partial charge in [0.05, 0.1) is 11.5 Å². The minimum Gasteiger partial charge on any atom is -0.512 e. The van der Waals surface area contributed by atoms with Crippen LogP contribution in [0.2, 0.25) is 0 Å². The molecule has 2 aliphatic rings. The molecule has 0 saturated heterocycles. The zero-order valence-corrected chi connectivity index (χ0v) is 33.6. The predicted molar refractivity (Wildman–Crippen MR) is 200 cm³/mol. The summed E-state index contributed by atoms with van der Waals surface area (Å²) >= 11 is 0. The summed E-state index contributed by atoms with van der Waals surface area (Å²) < 4.78 is 0. The standard InChI is InChI=1S/C37H76N8O2/c1-38(2)22-34(23-39(3)4)18-32(46)30(36(20-34,26-42(9)10)27-43(11)12)17-31-33(47)19-35(24-40(5)6,25-41(7)8)21-37(31,28-44(13)14)29-45(15)16/h18-19,30-31,46-47H,17,20-29H2,1-16H3. The minimum absolute atomic E-state index is 0.107. The lowest BCUT2D eigenvalue weighted by Gasteiger charge is -2.57. The largest absolute Gasteiger partial charge is 0.512 e. The molecule has 10 heteroatoms. The van der Waals surface area contributed by atoms with Crippen molar-refractivity contribution in [1.29, 1.82) is 0 Å². The molecule has 276 valence electrons. The Morgan fingerprint density at radius 2 is 0.638 bits per heavy atom. The number of rotatable bonds is 18. The molecule has 0 spiro atoms. The average Bonchev–Trinajstić information content (AvgIpc) is 2.78. The summed E-state index contributed by atoms with van der Waals surface area (Å²) in [4.78, 5) is 18.3. The fourth-order valence-corrected chi connectivity index (χ4v) is 10.5. The summed E-state index contributed by atoms with van der Waals surface area (Å²) in [6.45, 7) is 6.87. The molecule has 0 aliphatic heterocycles. The van der Waals surface area contributed by atoms with Gasteiger partial charge in [-0.15, -0.1) is 0 Å². The van der Waals surface area contributed by atoms with Crippen molar-refractivity contribution in [2.75, 3.05) is 165 Å². The second-order valence-corrected chi connectivity index (χ2v) is 18.2. The molecule has 0 aromatic heterocycles. The maximum Gasteiger partial charge on any atom is 0.0927 e. The fourth-order valence-electron chi connectivity index (χ4n) is 10.5. The van der Waals surface area contributed by atoms with Gasteiger partial charge in [-0.05, 0) is 144 Å². The van der Waals surface area contributed by atoms with Crippen LogP contribution in [0.5, 0.6) is 0 Å². The van der Waals surface area contributed by atoms with Gasteiger partial charge in [0.25, 0.3) is 0 Å². The molecule has 0 aromatic carbocycles. The van der Waals surface area contributed by atoms with Crippen LogP contribution < -0.4 is 0 Å². The first kappa shape index (κ1) is 41.9. The lowest BCUT2D eigenvalue weighted by atomic mass is 9.53. The monoisotopic (exact) mass is 665 g/mol. The van der Waals surface area contributed by atoms with Crippen molar-refractivity contribution >= 4 is 0 Å². The molecule has 0 amide bonds. The molecule has 0 heterocycles. The molecule has 2 unspecified atom stereocenters. The normalized spacial score (nSPS) is 24.0. The van der Waals surface area contributed by atoms with E-state index in [1.807, 2.05) is 0 Å². The highest BCUT2D eigenvalue weighted by molar-refractivity contribution is 5.25. The van der Waals surface area contributed by atoms with Crippen molar-refractivity contribution in [3.8, 4) is 0 Å². The Hall–Kier alpha value is -1.24. The zero-order chi connectivity index (χ0) is 36.1. The maximum absolute atomic E-state index is 12.4. The van der Waals surface area contributed by atoms with E-state index in [2.05, 4.69) is 164 Å². The van der Waals surface area contributed by atoms with E-state index in [0.717, 1.165) is 65.2 Å². The summed E-state index contributed by atoms with van der Waals surface area (Å²) in [6, 6.07) is 0. The molecule has 0 saturated carbocycles. The van der Waals surface area contributed by atoms with Crippen molar-refractivity contribution in [3.05, 3.63) is 23.7 Å². The van der Waals surface area contributed by atoms with E-state index < -0.39 is 0 Å². The fraction of sp³-hybridized carbons (Fsp3) is 0.892. The molecular weight excluding hydrogens is 588 g/mol. The number of hydrogen-bond acceptors (Lipinski definition) is 10. The molecule has 0 aromatic rings. The van der Waals surface area contributed by atoms with Gasteiger partial charge >= 0.3 is 0 Å². The first-order valence-corrected chi connectivity index (χ1v) is 17.5. The summed E-state index contributed by atoms with van der Waals surface area (Å²) in [5.41, 5.74) is -0.883. The van der Waals surface area contributed by atoms with Crippen LogP contribution >= 0.6 is 0 Å². The molecule has 2 N–H and O–H groups in total. The zero-order valence-electron chi connectivity index (χ0n) is 33.6. The van der Waals surface area contributed by atoms with E-state index in [1.54, 1.807) is 0 Å². The van der Waals surface area contributed by atoms with E-state index in [4.69, 9.17) is 0 Å². The lowest BCUT2D eigenvalue weighted by molar-refractivity contribution is -0.0491. The summed E-state index contributed by atoms with van der Waals surface area (Å²) in [5.74, 6) is 0.783. The minimum atomic E-state index is -0.234. The number of allylic oxidation sites excluding steroid dienone is 2. The number of hydrogen-bond donors (Lipinski definition) is 2. The smallest absolute Gasteiger partial charge is 0.0927 e. The Balaban J connectivity index is 2.93. The van der Waals surface area contributed by atoms with Crippen LogP contribution in [0.3, 0.4) is 0 Å². The van der Waals surface area contributed by atoms with Gasteiger partial charge in [-0.1, -0.05) is 0 Å². The Morgan fingerprint density at radius 3 is 0.830 bits per heavy atom. The lowest BCUT2D eigenvalue weighted by Crippen LogP contribution is -2.59. The van der Waals surface area contributed by atoms with E-state index >= 15 is 0 Å². The molecule has 0 radical (unpaired) electrons. The van der Waals surface area contributed by atoms with Crippen molar-refractivity contribution in [2.24, 2.45) is 33.5 Å². The Kier molecular flexibility index (Phi) is 14.8. The van der Waals surface area contributed by atoms with Crippen molar-refractivity contribution < 1.29 is 10.2 Å². The molecule has 0 fully saturated rings. The molecule has 2 rings (SSSR count). The summed E-state index contributed by atoms with van der Waals surface area (Å²) in [6.07, 6.45) is 7.05. The van der Waals surface area contributed by atoms with Crippen LogP contribution in [0.25, 0.3) is 0 Å². The molecule has 2 atom stereocenters. The molecular formula is C37H76N8O2. The van der Waals surface area contributed by atoms with Crippen LogP contribution in [-0.2, 0) is 0 Å². The van der Waals surface area contributed by atoms with Crippen LogP contribution in [0.4, 0.5) is 0 Å². The van der Waals surface area contributed by atoms with Gasteiger partial charge in [-0.25, -0.2) is 0 Å². The molecule has 47 heavy (non-hydrogen) atoms. The van der Waals surface area contributed by atoms with Crippen molar-refractivity contribution in [1.82, 2.24) is 39.2 Å². The van der Waals surface area contributed by atoms with Crippen LogP contribution in [0.1, 0.15) is 19.3 Å². The third-order valence-electron chi connectivity index (χ3n) is 10.0. The topological polar surface area (TPSA) is 66.4 Å². The molecule has 0 bridgehead atoms. The number of aliphatic hydroxyl groups excluding tert-OH is 2. The summed E-state index contributed by atoms with van der Waals surface area (Å²) in [5, 5.41) is 24.9. The van der Waals surface area contributed by atoms with Gasteiger partial charge in [-0.3, -0.25) is 0 Å². The first-order chi connectivity index (χ1) is 21.5. The summed E-state index contributed by atoms with van der Waals surface area (Å²) in [7, 11) is 34.5. The van der Waals surface area contributed by atoms with Gasteiger partial charge in [0, 0.05) is 85.9 Å². The second kappa shape index (κ2) is 16.6. The van der Waals surface area contributed by atoms with E-state index in [1.165, 1.54) is 0 Å². The number of nitrogens with zero attached hydrogens (tertiary/aromatic N) is 8. The van der Waals surface area contributed by atoms with Crippen LogP contribution in [0.15, 0.2) is 23.7 Å². The van der Waals surface area contributed by atoms with E-state index in [-0.39, 0.29) is 33.5 Å². The van der Waals surface area contributed by atoms with Gasteiger partial charge in [-0.2, -0.15) is 0 Å². The van der Waals surface area contributed by atoms with E-state index in [9.17, 15) is 10.2 Å². The van der Waals surface area contributed by atoms with Crippen molar-refractivity contribution in [3.63, 3.8) is 0 Å². The highest BCUT2D eigenvalue weighted by Crippen LogP contribution is 2.57. The van der Waals surface area contributed by atoms with Gasteiger partial charge in [0.2, 0.25) is 0 Å². The SMILES string of the molecule is CN(C)CC1(CN(C)C)C=C(O)C(CC2C(O)=CC(CN(C)C)(CN(C)C)CC2(CN(C)C)CN(C)C)C(CN(C)C)(CN(C)C)C1. The average molecular weight is 665 g/mol. The highest BCUT2D eigenvalue weighted by Gasteiger charge is 2.57. The van der Waals surface area contributed by atoms with Gasteiger partial charge in [0.15, 0.2) is 0 Å². The molecule has 10 nitrogen and oxygen atoms in total. The Morgan fingerprint density at radius 1 is 0.426 bits per heavy atom. The quantitative estimate of drug-likeness (QED) is 0.229. The Bertz CT molecular complexity index is 913. The first-order valence-electron chi connectivity index (χ1n) is 17.5. The Labute approximate surface area is 290 Å². The number of aliphatic hydroxyl groups is 2. The molecule has 2 aliphatic carbocycles. The highest BCUT2D eigenvalue weighted by atomic mass is 16.3. The van der Waals surface area contributed by atoms with Gasteiger partial charge in [0.1, 0.15) is 0 Å². The second-order valence-electron chi connectivity index (χ2n) is 18.2. The predicted octanol–water partition coefficient (Wildman–Crippen LogP) is 2.74. The van der Waals surface area contributed by atoms with Crippen molar-refractivity contribution in [2.45, 2.75) is 19.3 Å². The van der Waals surface area contributed by atoms with Gasteiger partial charge < -0.3 is 49.4 Å². The van der Waals surface area contributed by atoms with Crippen LogP contribution in [0, 0.1) is 33.5 Å². The maximum atomic E-state index is 12.4. The third kappa shape index (κ3) is 11.4.